The Morgan fingerprint density at radius 2 is 1.94 bits per heavy atom. The normalized spacial score (nSPS) is 11.0. The average Bonchev–Trinajstić information content (AvgIpc) is 2.26. The summed E-state index contributed by atoms with van der Waals surface area (Å²) < 4.78 is 5.02. The minimum Gasteiger partial charge on any atom is -0.461 e. The maximum absolute atomic E-state index is 11.1. The molecule has 0 radical (unpaired) electrons. The first-order chi connectivity index (χ1) is 7.59. The highest BCUT2D eigenvalue weighted by atomic mass is 16.5. The molecule has 0 aliphatic rings. The number of hydrogen-bond donors (Lipinski definition) is 0. The van der Waals surface area contributed by atoms with Crippen molar-refractivity contribution < 1.29 is 9.53 Å². The minimum atomic E-state index is -0.159. The zero-order valence-corrected chi connectivity index (χ0v) is 10.1. The summed E-state index contributed by atoms with van der Waals surface area (Å²) in [6.07, 6.45) is 3.80. The number of carbonyl (C=O) groups is 1. The number of benzene rings is 1. The second kappa shape index (κ2) is 6.11. The summed E-state index contributed by atoms with van der Waals surface area (Å²) in [7, 11) is 0. The Morgan fingerprint density at radius 1 is 1.31 bits per heavy atom. The topological polar surface area (TPSA) is 26.3 Å². The largest absolute Gasteiger partial charge is 0.461 e. The summed E-state index contributed by atoms with van der Waals surface area (Å²) in [5.74, 6) is -0.221. The molecule has 0 fully saturated rings. The van der Waals surface area contributed by atoms with Crippen LogP contribution in [0.3, 0.4) is 0 Å². The highest BCUT2D eigenvalue weighted by Crippen LogP contribution is 2.05. The van der Waals surface area contributed by atoms with Crippen molar-refractivity contribution in [3.63, 3.8) is 0 Å². The fourth-order valence-electron chi connectivity index (χ4n) is 1.16. The third-order valence-corrected chi connectivity index (χ3v) is 2.18. The van der Waals surface area contributed by atoms with Crippen LogP contribution in [0.1, 0.15) is 25.0 Å². The van der Waals surface area contributed by atoms with Gasteiger partial charge < -0.3 is 4.74 Å². The van der Waals surface area contributed by atoms with Gasteiger partial charge in [-0.25, -0.2) is 0 Å². The van der Waals surface area contributed by atoms with Crippen molar-refractivity contribution >= 4 is 12.0 Å². The molecule has 86 valence electrons. The number of ether oxygens (including phenoxy) is 1. The van der Waals surface area contributed by atoms with Gasteiger partial charge in [0.15, 0.2) is 0 Å². The number of hydrogen-bond acceptors (Lipinski definition) is 2. The fraction of sp³-hybridized carbons (Fsp3) is 0.357. The van der Waals surface area contributed by atoms with Gasteiger partial charge in [-0.2, -0.15) is 0 Å². The van der Waals surface area contributed by atoms with Crippen LogP contribution >= 0.6 is 0 Å². The number of aryl methyl sites for hydroxylation is 1. The van der Waals surface area contributed by atoms with Crippen molar-refractivity contribution in [2.75, 3.05) is 6.61 Å². The molecule has 0 amide bonds. The standard InChI is InChI=1S/C14H18O2/c1-11(2)14(15)16-10-4-5-13-8-6-12(3)7-9-13/h4-9,11H,10H2,1-3H3/b5-4+. The summed E-state index contributed by atoms with van der Waals surface area (Å²) in [4.78, 5) is 11.1. The van der Waals surface area contributed by atoms with Gasteiger partial charge in [-0.1, -0.05) is 49.8 Å². The van der Waals surface area contributed by atoms with Gasteiger partial charge in [0.1, 0.15) is 6.61 Å². The van der Waals surface area contributed by atoms with E-state index in [1.807, 2.05) is 38.1 Å². The van der Waals surface area contributed by atoms with E-state index >= 15 is 0 Å². The van der Waals surface area contributed by atoms with Crippen molar-refractivity contribution in [3.05, 3.63) is 41.5 Å². The molecule has 0 atom stereocenters. The van der Waals surface area contributed by atoms with Crippen LogP contribution in [-0.4, -0.2) is 12.6 Å². The number of rotatable bonds is 4. The summed E-state index contributed by atoms with van der Waals surface area (Å²) >= 11 is 0. The Hall–Kier alpha value is -1.57. The van der Waals surface area contributed by atoms with Crippen LogP contribution in [0.4, 0.5) is 0 Å². The van der Waals surface area contributed by atoms with E-state index in [2.05, 4.69) is 19.1 Å². The molecule has 0 bridgehead atoms. The third kappa shape index (κ3) is 4.30. The second-order valence-corrected chi connectivity index (χ2v) is 4.10. The molecule has 2 nitrogen and oxygen atoms in total. The van der Waals surface area contributed by atoms with Gasteiger partial charge in [0, 0.05) is 0 Å². The molecule has 0 heterocycles. The molecule has 0 saturated carbocycles. The van der Waals surface area contributed by atoms with E-state index in [1.54, 1.807) is 0 Å². The van der Waals surface area contributed by atoms with Crippen molar-refractivity contribution in [3.8, 4) is 0 Å². The zero-order valence-electron chi connectivity index (χ0n) is 10.1. The fourth-order valence-corrected chi connectivity index (χ4v) is 1.16. The highest BCUT2D eigenvalue weighted by molar-refractivity contribution is 5.71. The quantitative estimate of drug-likeness (QED) is 0.725. The minimum absolute atomic E-state index is 0.0622. The SMILES string of the molecule is Cc1ccc(/C=C/COC(=O)C(C)C)cc1. The first-order valence-electron chi connectivity index (χ1n) is 5.49. The second-order valence-electron chi connectivity index (χ2n) is 4.10. The van der Waals surface area contributed by atoms with E-state index in [-0.39, 0.29) is 11.9 Å². The smallest absolute Gasteiger partial charge is 0.308 e. The van der Waals surface area contributed by atoms with E-state index in [4.69, 9.17) is 4.74 Å². The Kier molecular flexibility index (Phi) is 4.77. The van der Waals surface area contributed by atoms with Crippen molar-refractivity contribution in [2.45, 2.75) is 20.8 Å². The van der Waals surface area contributed by atoms with E-state index < -0.39 is 0 Å². The first-order valence-corrected chi connectivity index (χ1v) is 5.49. The summed E-state index contributed by atoms with van der Waals surface area (Å²) in [5, 5.41) is 0. The molecule has 0 unspecified atom stereocenters. The molecular weight excluding hydrogens is 200 g/mol. The molecule has 0 saturated heterocycles. The number of carbonyl (C=O) groups excluding carboxylic acids is 1. The molecule has 2 heteroatoms. The van der Waals surface area contributed by atoms with E-state index in [0.29, 0.717) is 6.61 Å². The summed E-state index contributed by atoms with van der Waals surface area (Å²) in [6.45, 7) is 6.04. The molecular formula is C14H18O2. The van der Waals surface area contributed by atoms with Gasteiger partial charge >= 0.3 is 5.97 Å². The van der Waals surface area contributed by atoms with E-state index in [9.17, 15) is 4.79 Å². The predicted molar refractivity (Wildman–Crippen MR) is 66.0 cm³/mol. The van der Waals surface area contributed by atoms with Crippen LogP contribution in [-0.2, 0) is 9.53 Å². The van der Waals surface area contributed by atoms with Gasteiger partial charge in [0.25, 0.3) is 0 Å². The van der Waals surface area contributed by atoms with Gasteiger partial charge in [0.05, 0.1) is 5.92 Å². The van der Waals surface area contributed by atoms with Crippen molar-refractivity contribution in [1.82, 2.24) is 0 Å². The lowest BCUT2D eigenvalue weighted by atomic mass is 10.1. The lowest BCUT2D eigenvalue weighted by Gasteiger charge is -2.03. The van der Waals surface area contributed by atoms with Crippen molar-refractivity contribution in [1.29, 1.82) is 0 Å². The van der Waals surface area contributed by atoms with Crippen LogP contribution in [0.25, 0.3) is 6.08 Å². The Labute approximate surface area is 96.9 Å². The zero-order chi connectivity index (χ0) is 12.0. The molecule has 0 aromatic heterocycles. The maximum Gasteiger partial charge on any atom is 0.308 e. The molecule has 0 N–H and O–H groups in total. The Balaban J connectivity index is 2.38. The molecule has 0 spiro atoms. The molecule has 1 aromatic rings. The van der Waals surface area contributed by atoms with Crippen LogP contribution in [0, 0.1) is 12.8 Å². The van der Waals surface area contributed by atoms with E-state index in [0.717, 1.165) is 5.56 Å². The van der Waals surface area contributed by atoms with Gasteiger partial charge in [-0.15, -0.1) is 0 Å². The number of esters is 1. The van der Waals surface area contributed by atoms with Gasteiger partial charge in [-0.05, 0) is 18.6 Å². The lowest BCUT2D eigenvalue weighted by molar-refractivity contribution is -0.145. The summed E-state index contributed by atoms with van der Waals surface area (Å²) in [6, 6.07) is 8.19. The van der Waals surface area contributed by atoms with Crippen LogP contribution in [0.2, 0.25) is 0 Å². The summed E-state index contributed by atoms with van der Waals surface area (Å²) in [5.41, 5.74) is 2.36. The van der Waals surface area contributed by atoms with Crippen LogP contribution in [0.5, 0.6) is 0 Å². The lowest BCUT2D eigenvalue weighted by Crippen LogP contribution is -2.11. The third-order valence-electron chi connectivity index (χ3n) is 2.18. The average molecular weight is 218 g/mol. The maximum atomic E-state index is 11.1. The van der Waals surface area contributed by atoms with E-state index in [1.165, 1.54) is 5.56 Å². The molecule has 0 aliphatic heterocycles. The molecule has 1 rings (SSSR count). The Morgan fingerprint density at radius 3 is 2.50 bits per heavy atom. The monoisotopic (exact) mass is 218 g/mol. The Bertz CT molecular complexity index is 361. The van der Waals surface area contributed by atoms with Crippen molar-refractivity contribution in [2.24, 2.45) is 5.92 Å². The molecule has 0 aliphatic carbocycles. The highest BCUT2D eigenvalue weighted by Gasteiger charge is 2.05. The first kappa shape index (κ1) is 12.5. The van der Waals surface area contributed by atoms with Gasteiger partial charge in [0.2, 0.25) is 0 Å². The predicted octanol–water partition coefficient (Wildman–Crippen LogP) is 3.21. The molecule has 1 aromatic carbocycles. The molecule has 16 heavy (non-hydrogen) atoms. The van der Waals surface area contributed by atoms with Gasteiger partial charge in [-0.3, -0.25) is 4.79 Å². The van der Waals surface area contributed by atoms with Crippen LogP contribution in [0.15, 0.2) is 30.3 Å². The van der Waals surface area contributed by atoms with Crippen LogP contribution < -0.4 is 0 Å².